The van der Waals surface area contributed by atoms with Gasteiger partial charge in [-0.1, -0.05) is 6.92 Å². The SMILES string of the molecule is CCC(=N)C(C(=O)OCC(=O)c1ccc(OC)cc1F)=C(N)N. The number of carbonyl (C=O) groups excluding carboxylic acids is 2. The Morgan fingerprint density at radius 2 is 1.96 bits per heavy atom. The summed E-state index contributed by atoms with van der Waals surface area (Å²) in [6, 6.07) is 3.69. The van der Waals surface area contributed by atoms with E-state index in [-0.39, 0.29) is 34.8 Å². The number of nitrogens with one attached hydrogen (secondary N) is 1. The van der Waals surface area contributed by atoms with E-state index in [4.69, 9.17) is 26.4 Å². The fourth-order valence-electron chi connectivity index (χ4n) is 1.72. The maximum atomic E-state index is 13.8. The quantitative estimate of drug-likeness (QED) is 0.298. The Balaban J connectivity index is 2.82. The van der Waals surface area contributed by atoms with Gasteiger partial charge in [-0.05, 0) is 18.6 Å². The predicted molar refractivity (Wildman–Crippen MR) is 81.7 cm³/mol. The van der Waals surface area contributed by atoms with Crippen molar-refractivity contribution in [3.63, 3.8) is 0 Å². The number of nitrogens with two attached hydrogens (primary N) is 2. The number of hydrogen-bond donors (Lipinski definition) is 3. The summed E-state index contributed by atoms with van der Waals surface area (Å²) in [7, 11) is 1.37. The van der Waals surface area contributed by atoms with Crippen LogP contribution in [-0.4, -0.2) is 31.2 Å². The van der Waals surface area contributed by atoms with Crippen LogP contribution in [0.25, 0.3) is 0 Å². The highest BCUT2D eigenvalue weighted by Crippen LogP contribution is 2.17. The van der Waals surface area contributed by atoms with Crippen molar-refractivity contribution in [2.24, 2.45) is 11.5 Å². The van der Waals surface area contributed by atoms with E-state index >= 15 is 0 Å². The molecule has 0 unspecified atom stereocenters. The lowest BCUT2D eigenvalue weighted by molar-refractivity contribution is -0.137. The topological polar surface area (TPSA) is 128 Å². The number of ether oxygens (including phenoxy) is 2. The smallest absolute Gasteiger partial charge is 0.344 e. The lowest BCUT2D eigenvalue weighted by atomic mass is 10.1. The van der Waals surface area contributed by atoms with Crippen molar-refractivity contribution in [3.05, 3.63) is 41.0 Å². The number of carbonyl (C=O) groups is 2. The molecular weight excluding hydrogens is 305 g/mol. The van der Waals surface area contributed by atoms with Crippen LogP contribution in [0.15, 0.2) is 29.6 Å². The Hall–Kier alpha value is -2.90. The van der Waals surface area contributed by atoms with Gasteiger partial charge in [0.15, 0.2) is 6.61 Å². The van der Waals surface area contributed by atoms with Crippen molar-refractivity contribution in [1.82, 2.24) is 0 Å². The van der Waals surface area contributed by atoms with Crippen molar-refractivity contribution in [2.75, 3.05) is 13.7 Å². The van der Waals surface area contributed by atoms with Crippen LogP contribution in [0, 0.1) is 11.2 Å². The Bertz CT molecular complexity index is 667. The number of rotatable bonds is 7. The third kappa shape index (κ3) is 4.53. The van der Waals surface area contributed by atoms with E-state index < -0.39 is 24.2 Å². The minimum atomic E-state index is -1.00. The van der Waals surface area contributed by atoms with Gasteiger partial charge in [-0.2, -0.15) is 0 Å². The van der Waals surface area contributed by atoms with Crippen LogP contribution in [-0.2, 0) is 9.53 Å². The summed E-state index contributed by atoms with van der Waals surface area (Å²) in [6.45, 7) is 0.937. The van der Waals surface area contributed by atoms with E-state index in [9.17, 15) is 14.0 Å². The van der Waals surface area contributed by atoms with Gasteiger partial charge in [0.1, 0.15) is 23.0 Å². The molecule has 0 atom stereocenters. The molecule has 0 aliphatic heterocycles. The molecule has 0 bridgehead atoms. The van der Waals surface area contributed by atoms with Gasteiger partial charge in [0, 0.05) is 11.8 Å². The fourth-order valence-corrected chi connectivity index (χ4v) is 1.72. The molecule has 0 aliphatic carbocycles. The molecular formula is C15H18FN3O4. The van der Waals surface area contributed by atoms with Gasteiger partial charge in [-0.15, -0.1) is 0 Å². The van der Waals surface area contributed by atoms with Crippen LogP contribution in [0.3, 0.4) is 0 Å². The molecule has 0 radical (unpaired) electrons. The van der Waals surface area contributed by atoms with Gasteiger partial charge in [-0.3, -0.25) is 4.79 Å². The molecule has 0 saturated carbocycles. The Morgan fingerprint density at radius 1 is 1.30 bits per heavy atom. The van der Waals surface area contributed by atoms with Gasteiger partial charge >= 0.3 is 5.97 Å². The predicted octanol–water partition coefficient (Wildman–Crippen LogP) is 1.12. The second kappa shape index (κ2) is 7.92. The van der Waals surface area contributed by atoms with Gasteiger partial charge in [0.2, 0.25) is 5.78 Å². The highest BCUT2D eigenvalue weighted by molar-refractivity contribution is 6.19. The first-order valence-corrected chi connectivity index (χ1v) is 6.68. The van der Waals surface area contributed by atoms with Gasteiger partial charge < -0.3 is 26.4 Å². The molecule has 23 heavy (non-hydrogen) atoms. The second-order valence-electron chi connectivity index (χ2n) is 4.51. The van der Waals surface area contributed by atoms with Crippen LogP contribution in [0.2, 0.25) is 0 Å². The largest absolute Gasteiger partial charge is 0.497 e. The lowest BCUT2D eigenvalue weighted by Crippen LogP contribution is -2.26. The highest BCUT2D eigenvalue weighted by atomic mass is 19.1. The third-order valence-corrected chi connectivity index (χ3v) is 2.96. The molecule has 124 valence electrons. The number of methoxy groups -OCH3 is 1. The Morgan fingerprint density at radius 3 is 2.43 bits per heavy atom. The molecule has 0 spiro atoms. The van der Waals surface area contributed by atoms with Crippen molar-refractivity contribution in [1.29, 1.82) is 5.41 Å². The number of Topliss-reactive ketones (excluding diaryl/α,β-unsaturated/α-hetero) is 1. The van der Waals surface area contributed by atoms with E-state index in [1.54, 1.807) is 6.92 Å². The molecule has 0 aromatic heterocycles. The van der Waals surface area contributed by atoms with Crippen molar-refractivity contribution in [2.45, 2.75) is 13.3 Å². The zero-order valence-corrected chi connectivity index (χ0v) is 12.8. The number of hydrogen-bond acceptors (Lipinski definition) is 7. The molecule has 8 heteroatoms. The minimum absolute atomic E-state index is 0.113. The summed E-state index contributed by atoms with van der Waals surface area (Å²) < 4.78 is 23.4. The normalized spacial score (nSPS) is 9.87. The molecule has 1 rings (SSSR count). The van der Waals surface area contributed by atoms with E-state index in [2.05, 4.69) is 0 Å². The first-order chi connectivity index (χ1) is 10.8. The summed E-state index contributed by atoms with van der Waals surface area (Å²) in [5, 5.41) is 7.61. The van der Waals surface area contributed by atoms with Crippen molar-refractivity contribution >= 4 is 17.5 Å². The fraction of sp³-hybridized carbons (Fsp3) is 0.267. The Kier molecular flexibility index (Phi) is 6.25. The highest BCUT2D eigenvalue weighted by Gasteiger charge is 2.21. The second-order valence-corrected chi connectivity index (χ2v) is 4.51. The molecule has 7 nitrogen and oxygen atoms in total. The molecule has 0 heterocycles. The summed E-state index contributed by atoms with van der Waals surface area (Å²) in [4.78, 5) is 23.8. The Labute approximate surface area is 132 Å². The average molecular weight is 323 g/mol. The molecule has 5 N–H and O–H groups in total. The van der Waals surface area contributed by atoms with Gasteiger partial charge in [-0.25, -0.2) is 9.18 Å². The molecule has 0 saturated heterocycles. The van der Waals surface area contributed by atoms with Gasteiger partial charge in [0.05, 0.1) is 12.7 Å². The van der Waals surface area contributed by atoms with Crippen LogP contribution in [0.1, 0.15) is 23.7 Å². The van der Waals surface area contributed by atoms with E-state index in [1.165, 1.54) is 19.2 Å². The van der Waals surface area contributed by atoms with Crippen molar-refractivity contribution < 1.29 is 23.5 Å². The van der Waals surface area contributed by atoms with Crippen LogP contribution >= 0.6 is 0 Å². The number of benzene rings is 1. The monoisotopic (exact) mass is 323 g/mol. The average Bonchev–Trinajstić information content (AvgIpc) is 2.51. The minimum Gasteiger partial charge on any atom is -0.497 e. The van der Waals surface area contributed by atoms with Gasteiger partial charge in [0.25, 0.3) is 0 Å². The van der Waals surface area contributed by atoms with Crippen LogP contribution in [0.4, 0.5) is 4.39 Å². The maximum absolute atomic E-state index is 13.8. The summed E-state index contributed by atoms with van der Waals surface area (Å²) in [5.74, 6) is -2.64. The van der Waals surface area contributed by atoms with Crippen molar-refractivity contribution in [3.8, 4) is 5.75 Å². The van der Waals surface area contributed by atoms with Crippen LogP contribution in [0.5, 0.6) is 5.75 Å². The van der Waals surface area contributed by atoms with E-state index in [0.717, 1.165) is 6.07 Å². The molecule has 1 aromatic carbocycles. The standard InChI is InChI=1S/C15H18FN3O4/c1-3-11(17)13(14(18)19)15(21)23-7-12(20)9-5-4-8(22-2)6-10(9)16/h4-6,17H,3,7,18-19H2,1-2H3. The zero-order chi connectivity index (χ0) is 17.6. The number of esters is 1. The van der Waals surface area contributed by atoms with E-state index in [1.807, 2.05) is 0 Å². The lowest BCUT2D eigenvalue weighted by Gasteiger charge is -2.10. The summed E-state index contributed by atoms with van der Waals surface area (Å²) in [5.41, 5.74) is 10.0. The number of halogens is 1. The summed E-state index contributed by atoms with van der Waals surface area (Å²) in [6.07, 6.45) is 0.212. The number of ketones is 1. The first-order valence-electron chi connectivity index (χ1n) is 6.68. The maximum Gasteiger partial charge on any atom is 0.344 e. The molecule has 1 aromatic rings. The molecule has 0 amide bonds. The van der Waals surface area contributed by atoms with E-state index in [0.29, 0.717) is 0 Å². The molecule has 0 aliphatic rings. The first kappa shape index (κ1) is 18.1. The third-order valence-electron chi connectivity index (χ3n) is 2.96. The zero-order valence-electron chi connectivity index (χ0n) is 12.8. The summed E-state index contributed by atoms with van der Waals surface area (Å²) >= 11 is 0. The van der Waals surface area contributed by atoms with Crippen LogP contribution < -0.4 is 16.2 Å². The molecule has 0 fully saturated rings.